The number of hydrogen-bond acceptors (Lipinski definition) is 3. The predicted molar refractivity (Wildman–Crippen MR) is 79.8 cm³/mol. The fraction of sp³-hybridized carbons (Fsp3) is 0.412. The molecule has 0 amide bonds. The van der Waals surface area contributed by atoms with Crippen LogP contribution in [-0.4, -0.2) is 23.7 Å². The SMILES string of the molecule is CC#CCCC(C(=O)O)(C(=O)OCC)c1ccc(C)cc1. The molecule has 21 heavy (non-hydrogen) atoms. The standard InChI is InChI=1S/C17H20O4/c1-4-6-7-12-17(15(18)19,16(20)21-5-2)14-10-8-13(3)9-11-14/h8-11H,5,7,12H2,1-3H3,(H,18,19). The summed E-state index contributed by atoms with van der Waals surface area (Å²) >= 11 is 0. The lowest BCUT2D eigenvalue weighted by Crippen LogP contribution is -2.45. The van der Waals surface area contributed by atoms with E-state index in [0.717, 1.165) is 5.56 Å². The highest BCUT2D eigenvalue weighted by molar-refractivity contribution is 6.05. The second kappa shape index (κ2) is 7.49. The average molecular weight is 288 g/mol. The minimum atomic E-state index is -1.70. The van der Waals surface area contributed by atoms with Gasteiger partial charge in [-0.1, -0.05) is 29.8 Å². The summed E-state index contributed by atoms with van der Waals surface area (Å²) in [6.07, 6.45) is 0.403. The quantitative estimate of drug-likeness (QED) is 0.496. The molecule has 1 aromatic carbocycles. The average Bonchev–Trinajstić information content (AvgIpc) is 2.45. The highest BCUT2D eigenvalue weighted by atomic mass is 16.5. The number of esters is 1. The Kier molecular flexibility index (Phi) is 5.98. The Morgan fingerprint density at radius 2 is 1.90 bits per heavy atom. The monoisotopic (exact) mass is 288 g/mol. The molecule has 0 heterocycles. The zero-order chi connectivity index (χ0) is 15.9. The number of aliphatic carboxylic acids is 1. The highest BCUT2D eigenvalue weighted by Gasteiger charge is 2.48. The van der Waals surface area contributed by atoms with Gasteiger partial charge in [-0.25, -0.2) is 0 Å². The van der Waals surface area contributed by atoms with E-state index < -0.39 is 17.4 Å². The lowest BCUT2D eigenvalue weighted by Gasteiger charge is -2.27. The van der Waals surface area contributed by atoms with Gasteiger partial charge in [0.25, 0.3) is 0 Å². The molecule has 0 spiro atoms. The summed E-state index contributed by atoms with van der Waals surface area (Å²) in [6, 6.07) is 6.91. The number of carboxylic acids is 1. The minimum absolute atomic E-state index is 0.0884. The zero-order valence-electron chi connectivity index (χ0n) is 12.6. The molecule has 1 unspecified atom stereocenters. The second-order valence-electron chi connectivity index (χ2n) is 4.72. The molecule has 0 saturated heterocycles. The third kappa shape index (κ3) is 3.63. The van der Waals surface area contributed by atoms with E-state index in [1.807, 2.05) is 6.92 Å². The summed E-state index contributed by atoms with van der Waals surface area (Å²) in [6.45, 7) is 5.38. The van der Waals surface area contributed by atoms with Crippen LogP contribution in [0.15, 0.2) is 24.3 Å². The van der Waals surface area contributed by atoms with Crippen LogP contribution in [0.1, 0.15) is 37.8 Å². The van der Waals surface area contributed by atoms with Crippen molar-refractivity contribution in [1.82, 2.24) is 0 Å². The normalized spacial score (nSPS) is 12.7. The summed E-state index contributed by atoms with van der Waals surface area (Å²) in [5.74, 6) is 3.59. The van der Waals surface area contributed by atoms with Gasteiger partial charge in [-0.05, 0) is 32.8 Å². The Bertz CT molecular complexity index is 563. The van der Waals surface area contributed by atoms with Crippen LogP contribution in [0.4, 0.5) is 0 Å². The van der Waals surface area contributed by atoms with Gasteiger partial charge in [-0.2, -0.15) is 0 Å². The predicted octanol–water partition coefficient (Wildman–Crippen LogP) is 2.68. The molecule has 0 bridgehead atoms. The van der Waals surface area contributed by atoms with Crippen molar-refractivity contribution in [2.24, 2.45) is 0 Å². The first-order valence-electron chi connectivity index (χ1n) is 6.86. The Labute approximate surface area is 125 Å². The van der Waals surface area contributed by atoms with Crippen LogP contribution in [0.2, 0.25) is 0 Å². The number of benzene rings is 1. The van der Waals surface area contributed by atoms with E-state index in [9.17, 15) is 14.7 Å². The zero-order valence-corrected chi connectivity index (χ0v) is 12.6. The van der Waals surface area contributed by atoms with E-state index in [2.05, 4.69) is 11.8 Å². The van der Waals surface area contributed by atoms with Crippen LogP contribution in [0.25, 0.3) is 0 Å². The molecule has 0 aromatic heterocycles. The largest absolute Gasteiger partial charge is 0.480 e. The number of rotatable bonds is 6. The molecule has 1 rings (SSSR count). The van der Waals surface area contributed by atoms with Gasteiger partial charge in [-0.3, -0.25) is 9.59 Å². The molecular formula is C17H20O4. The van der Waals surface area contributed by atoms with E-state index in [4.69, 9.17) is 4.74 Å². The molecular weight excluding hydrogens is 268 g/mol. The Hall–Kier alpha value is -2.28. The Balaban J connectivity index is 3.34. The number of carboxylic acid groups (broad SMARTS) is 1. The fourth-order valence-corrected chi connectivity index (χ4v) is 2.15. The molecule has 1 N–H and O–H groups in total. The number of ether oxygens (including phenoxy) is 1. The van der Waals surface area contributed by atoms with Gasteiger partial charge in [0, 0.05) is 6.42 Å². The van der Waals surface area contributed by atoms with Crippen LogP contribution in [-0.2, 0) is 19.7 Å². The molecule has 0 radical (unpaired) electrons. The van der Waals surface area contributed by atoms with Crippen molar-refractivity contribution >= 4 is 11.9 Å². The second-order valence-corrected chi connectivity index (χ2v) is 4.72. The van der Waals surface area contributed by atoms with Gasteiger partial charge in [-0.15, -0.1) is 11.8 Å². The number of carbonyl (C=O) groups is 2. The third-order valence-electron chi connectivity index (χ3n) is 3.34. The van der Waals surface area contributed by atoms with Crippen LogP contribution < -0.4 is 0 Å². The number of carbonyl (C=O) groups excluding carboxylic acids is 1. The highest BCUT2D eigenvalue weighted by Crippen LogP contribution is 2.32. The first-order chi connectivity index (χ1) is 9.98. The maximum atomic E-state index is 12.3. The lowest BCUT2D eigenvalue weighted by atomic mass is 9.76. The third-order valence-corrected chi connectivity index (χ3v) is 3.34. The Morgan fingerprint density at radius 1 is 1.29 bits per heavy atom. The fourth-order valence-electron chi connectivity index (χ4n) is 2.15. The number of hydrogen-bond donors (Lipinski definition) is 1. The summed E-state index contributed by atoms with van der Waals surface area (Å²) in [4.78, 5) is 24.2. The molecule has 1 aromatic rings. The van der Waals surface area contributed by atoms with E-state index in [-0.39, 0.29) is 13.0 Å². The minimum Gasteiger partial charge on any atom is -0.480 e. The lowest BCUT2D eigenvalue weighted by molar-refractivity contribution is -0.162. The summed E-state index contributed by atoms with van der Waals surface area (Å²) in [5, 5.41) is 9.69. The molecule has 112 valence electrons. The maximum absolute atomic E-state index is 12.3. The van der Waals surface area contributed by atoms with Crippen LogP contribution in [0, 0.1) is 18.8 Å². The van der Waals surface area contributed by atoms with Crippen molar-refractivity contribution in [3.63, 3.8) is 0 Å². The molecule has 1 atom stereocenters. The molecule has 0 aliphatic rings. The topological polar surface area (TPSA) is 63.6 Å². The summed E-state index contributed by atoms with van der Waals surface area (Å²) in [5.41, 5.74) is -0.277. The van der Waals surface area contributed by atoms with Crippen LogP contribution in [0.3, 0.4) is 0 Å². The van der Waals surface area contributed by atoms with Gasteiger partial charge in [0.05, 0.1) is 6.61 Å². The number of aryl methyl sites for hydroxylation is 1. The van der Waals surface area contributed by atoms with Crippen molar-refractivity contribution < 1.29 is 19.4 Å². The van der Waals surface area contributed by atoms with Gasteiger partial charge in [0.15, 0.2) is 5.41 Å². The molecule has 4 heteroatoms. The maximum Gasteiger partial charge on any atom is 0.328 e. The molecule has 0 saturated carbocycles. The van der Waals surface area contributed by atoms with Crippen molar-refractivity contribution in [1.29, 1.82) is 0 Å². The van der Waals surface area contributed by atoms with Crippen LogP contribution in [0.5, 0.6) is 0 Å². The van der Waals surface area contributed by atoms with E-state index in [1.165, 1.54) is 0 Å². The molecule has 0 aliphatic carbocycles. The van der Waals surface area contributed by atoms with Crippen molar-refractivity contribution in [3.05, 3.63) is 35.4 Å². The summed E-state index contributed by atoms with van der Waals surface area (Å²) in [7, 11) is 0. The first kappa shape index (κ1) is 16.8. The first-order valence-corrected chi connectivity index (χ1v) is 6.86. The molecule has 0 fully saturated rings. The van der Waals surface area contributed by atoms with Crippen LogP contribution >= 0.6 is 0 Å². The smallest absolute Gasteiger partial charge is 0.328 e. The molecule has 4 nitrogen and oxygen atoms in total. The summed E-state index contributed by atoms with van der Waals surface area (Å²) < 4.78 is 5.02. The van der Waals surface area contributed by atoms with E-state index in [0.29, 0.717) is 12.0 Å². The van der Waals surface area contributed by atoms with Crippen molar-refractivity contribution in [3.8, 4) is 11.8 Å². The van der Waals surface area contributed by atoms with Gasteiger partial charge < -0.3 is 9.84 Å². The van der Waals surface area contributed by atoms with E-state index >= 15 is 0 Å². The van der Waals surface area contributed by atoms with E-state index in [1.54, 1.807) is 38.1 Å². The van der Waals surface area contributed by atoms with Gasteiger partial charge in [0.1, 0.15) is 0 Å². The van der Waals surface area contributed by atoms with Gasteiger partial charge >= 0.3 is 11.9 Å². The van der Waals surface area contributed by atoms with Gasteiger partial charge in [0.2, 0.25) is 0 Å². The Morgan fingerprint density at radius 3 is 2.38 bits per heavy atom. The van der Waals surface area contributed by atoms with Crippen molar-refractivity contribution in [2.75, 3.05) is 6.61 Å². The van der Waals surface area contributed by atoms with Crippen molar-refractivity contribution in [2.45, 2.75) is 39.0 Å². The molecule has 0 aliphatic heterocycles.